The summed E-state index contributed by atoms with van der Waals surface area (Å²) in [6.07, 6.45) is 1.16. The summed E-state index contributed by atoms with van der Waals surface area (Å²) in [6.45, 7) is 7.64. The zero-order chi connectivity index (χ0) is 16.0. The van der Waals surface area contributed by atoms with Crippen LogP contribution < -0.4 is 5.32 Å². The molecule has 4 heteroatoms. The summed E-state index contributed by atoms with van der Waals surface area (Å²) in [7, 11) is 0. The van der Waals surface area contributed by atoms with Crippen LogP contribution in [0.25, 0.3) is 0 Å². The lowest BCUT2D eigenvalue weighted by Gasteiger charge is -2.20. The number of nitrogens with one attached hydrogen (secondary N) is 1. The molecule has 0 bridgehead atoms. The van der Waals surface area contributed by atoms with E-state index in [-0.39, 0.29) is 17.7 Å². The Morgan fingerprint density at radius 2 is 1.76 bits per heavy atom. The summed E-state index contributed by atoms with van der Waals surface area (Å²) in [4.78, 5) is 23.2. The highest BCUT2D eigenvalue weighted by Crippen LogP contribution is 2.23. The molecule has 0 aliphatic heterocycles. The second-order valence-corrected chi connectivity index (χ2v) is 5.85. The minimum atomic E-state index is -0.985. The molecular formula is C17H25NO3. The molecule has 1 aromatic rings. The topological polar surface area (TPSA) is 66.4 Å². The average Bonchev–Trinajstić information content (AvgIpc) is 2.42. The van der Waals surface area contributed by atoms with E-state index in [9.17, 15) is 9.59 Å². The minimum Gasteiger partial charge on any atom is -0.480 e. The normalized spacial score (nSPS) is 13.8. The number of carboxylic acid groups (broad SMARTS) is 1. The third-order valence-corrected chi connectivity index (χ3v) is 3.72. The first-order valence-corrected chi connectivity index (χ1v) is 7.43. The van der Waals surface area contributed by atoms with Crippen LogP contribution in [-0.4, -0.2) is 23.0 Å². The molecule has 0 fully saturated rings. The zero-order valence-corrected chi connectivity index (χ0v) is 13.2. The third-order valence-electron chi connectivity index (χ3n) is 3.72. The fourth-order valence-corrected chi connectivity index (χ4v) is 2.31. The number of benzene rings is 1. The molecule has 1 rings (SSSR count). The lowest BCUT2D eigenvalue weighted by atomic mass is 9.92. The van der Waals surface area contributed by atoms with Gasteiger partial charge in [0.1, 0.15) is 6.04 Å². The number of aryl methyl sites for hydroxylation is 1. The molecule has 0 saturated carbocycles. The van der Waals surface area contributed by atoms with Gasteiger partial charge in [-0.1, -0.05) is 50.6 Å². The Bertz CT molecular complexity index is 479. The van der Waals surface area contributed by atoms with Crippen LogP contribution in [0.4, 0.5) is 0 Å². The smallest absolute Gasteiger partial charge is 0.326 e. The molecule has 116 valence electrons. The SMILES string of the molecule is CCC(CC(=O)N[C@@H](C(=O)O)C(C)C)c1ccc(C)cc1. The van der Waals surface area contributed by atoms with Gasteiger partial charge in [0.15, 0.2) is 0 Å². The Hall–Kier alpha value is -1.84. The molecule has 4 nitrogen and oxygen atoms in total. The molecule has 2 N–H and O–H groups in total. The molecule has 1 amide bonds. The lowest BCUT2D eigenvalue weighted by Crippen LogP contribution is -2.44. The molecule has 0 aromatic heterocycles. The quantitative estimate of drug-likeness (QED) is 0.811. The van der Waals surface area contributed by atoms with Gasteiger partial charge in [-0.05, 0) is 30.7 Å². The number of amides is 1. The van der Waals surface area contributed by atoms with Crippen molar-refractivity contribution in [2.45, 2.75) is 52.5 Å². The Labute approximate surface area is 126 Å². The van der Waals surface area contributed by atoms with Crippen molar-refractivity contribution in [2.24, 2.45) is 5.92 Å². The van der Waals surface area contributed by atoms with Gasteiger partial charge in [-0.25, -0.2) is 4.79 Å². The molecule has 0 aliphatic carbocycles. The van der Waals surface area contributed by atoms with Gasteiger partial charge in [-0.2, -0.15) is 0 Å². The number of carboxylic acids is 1. The lowest BCUT2D eigenvalue weighted by molar-refractivity contribution is -0.143. The van der Waals surface area contributed by atoms with Gasteiger partial charge in [0, 0.05) is 6.42 Å². The van der Waals surface area contributed by atoms with Gasteiger partial charge in [-0.15, -0.1) is 0 Å². The predicted molar refractivity (Wildman–Crippen MR) is 83.2 cm³/mol. The predicted octanol–water partition coefficient (Wildman–Crippen LogP) is 3.10. The maximum absolute atomic E-state index is 12.1. The van der Waals surface area contributed by atoms with Crippen LogP contribution in [0.15, 0.2) is 24.3 Å². The van der Waals surface area contributed by atoms with E-state index in [0.29, 0.717) is 6.42 Å². The molecule has 2 atom stereocenters. The fourth-order valence-electron chi connectivity index (χ4n) is 2.31. The second-order valence-electron chi connectivity index (χ2n) is 5.85. The zero-order valence-electron chi connectivity index (χ0n) is 13.2. The van der Waals surface area contributed by atoms with E-state index in [0.717, 1.165) is 12.0 Å². The van der Waals surface area contributed by atoms with E-state index in [1.165, 1.54) is 5.56 Å². The number of aliphatic carboxylic acids is 1. The largest absolute Gasteiger partial charge is 0.480 e. The maximum atomic E-state index is 12.1. The van der Waals surface area contributed by atoms with Crippen molar-refractivity contribution in [3.05, 3.63) is 35.4 Å². The first-order valence-electron chi connectivity index (χ1n) is 7.43. The monoisotopic (exact) mass is 291 g/mol. The number of hydrogen-bond acceptors (Lipinski definition) is 2. The number of carbonyl (C=O) groups excluding carboxylic acids is 1. The van der Waals surface area contributed by atoms with E-state index >= 15 is 0 Å². The Balaban J connectivity index is 2.70. The molecule has 1 aromatic carbocycles. The highest BCUT2D eigenvalue weighted by Gasteiger charge is 2.24. The van der Waals surface area contributed by atoms with Gasteiger partial charge in [0.2, 0.25) is 5.91 Å². The van der Waals surface area contributed by atoms with E-state index in [4.69, 9.17) is 5.11 Å². The summed E-state index contributed by atoms with van der Waals surface area (Å²) < 4.78 is 0. The highest BCUT2D eigenvalue weighted by atomic mass is 16.4. The van der Waals surface area contributed by atoms with Crippen molar-refractivity contribution in [1.82, 2.24) is 5.32 Å². The molecule has 21 heavy (non-hydrogen) atoms. The summed E-state index contributed by atoms with van der Waals surface area (Å²) >= 11 is 0. The van der Waals surface area contributed by atoms with Crippen LogP contribution in [0.3, 0.4) is 0 Å². The van der Waals surface area contributed by atoms with Gasteiger partial charge >= 0.3 is 5.97 Å². The van der Waals surface area contributed by atoms with Crippen molar-refractivity contribution in [2.75, 3.05) is 0 Å². The van der Waals surface area contributed by atoms with Crippen LogP contribution in [0.1, 0.15) is 50.7 Å². The van der Waals surface area contributed by atoms with E-state index < -0.39 is 12.0 Å². The van der Waals surface area contributed by atoms with Gasteiger partial charge in [0.05, 0.1) is 0 Å². The van der Waals surface area contributed by atoms with Crippen molar-refractivity contribution in [3.63, 3.8) is 0 Å². The first-order chi connectivity index (χ1) is 9.85. The van der Waals surface area contributed by atoms with Crippen LogP contribution in [0.5, 0.6) is 0 Å². The maximum Gasteiger partial charge on any atom is 0.326 e. The Kier molecular flexibility index (Phi) is 6.40. The molecule has 0 saturated heterocycles. The Morgan fingerprint density at radius 1 is 1.19 bits per heavy atom. The van der Waals surface area contributed by atoms with Gasteiger partial charge in [-0.3, -0.25) is 4.79 Å². The van der Waals surface area contributed by atoms with Crippen LogP contribution >= 0.6 is 0 Å². The standard InChI is InChI=1S/C17H25NO3/c1-5-13(14-8-6-12(4)7-9-14)10-15(19)18-16(11(2)3)17(20)21/h6-9,11,13,16H,5,10H2,1-4H3,(H,18,19)(H,20,21)/t13?,16-/m1/s1. The van der Waals surface area contributed by atoms with Gasteiger partial charge in [0.25, 0.3) is 0 Å². The van der Waals surface area contributed by atoms with Crippen molar-refractivity contribution >= 4 is 11.9 Å². The summed E-state index contributed by atoms with van der Waals surface area (Å²) in [5, 5.41) is 11.7. The number of hydrogen-bond donors (Lipinski definition) is 2. The third kappa shape index (κ3) is 5.21. The fraction of sp³-hybridized carbons (Fsp3) is 0.529. The molecule has 0 radical (unpaired) electrons. The second kappa shape index (κ2) is 7.81. The van der Waals surface area contributed by atoms with E-state index in [2.05, 4.69) is 5.32 Å². The van der Waals surface area contributed by atoms with Crippen molar-refractivity contribution < 1.29 is 14.7 Å². The minimum absolute atomic E-state index is 0.118. The summed E-state index contributed by atoms with van der Waals surface area (Å²) in [5.41, 5.74) is 2.30. The number of carbonyl (C=O) groups is 2. The Morgan fingerprint density at radius 3 is 2.19 bits per heavy atom. The molecule has 0 heterocycles. The van der Waals surface area contributed by atoms with Crippen molar-refractivity contribution in [1.29, 1.82) is 0 Å². The van der Waals surface area contributed by atoms with Crippen LogP contribution in [0, 0.1) is 12.8 Å². The van der Waals surface area contributed by atoms with E-state index in [1.54, 1.807) is 13.8 Å². The van der Waals surface area contributed by atoms with Crippen LogP contribution in [-0.2, 0) is 9.59 Å². The molecular weight excluding hydrogens is 266 g/mol. The van der Waals surface area contributed by atoms with Crippen molar-refractivity contribution in [3.8, 4) is 0 Å². The van der Waals surface area contributed by atoms with Gasteiger partial charge < -0.3 is 10.4 Å². The summed E-state index contributed by atoms with van der Waals surface area (Å²) in [5.74, 6) is -1.21. The molecule has 0 aliphatic rings. The first kappa shape index (κ1) is 17.2. The number of rotatable bonds is 7. The molecule has 0 spiro atoms. The summed E-state index contributed by atoms with van der Waals surface area (Å²) in [6, 6.07) is 7.31. The average molecular weight is 291 g/mol. The highest BCUT2D eigenvalue weighted by molar-refractivity contribution is 5.84. The van der Waals surface area contributed by atoms with E-state index in [1.807, 2.05) is 38.1 Å². The van der Waals surface area contributed by atoms with Crippen LogP contribution in [0.2, 0.25) is 0 Å². The molecule has 1 unspecified atom stereocenters.